The van der Waals surface area contributed by atoms with E-state index < -0.39 is 4.92 Å². The molecule has 0 unspecified atom stereocenters. The van der Waals surface area contributed by atoms with Gasteiger partial charge in [0.2, 0.25) is 0 Å². The third-order valence-corrected chi connectivity index (χ3v) is 6.52. The van der Waals surface area contributed by atoms with Gasteiger partial charge in [-0.1, -0.05) is 6.92 Å². The van der Waals surface area contributed by atoms with Gasteiger partial charge in [-0.3, -0.25) is 14.9 Å². The van der Waals surface area contributed by atoms with E-state index in [2.05, 4.69) is 27.8 Å². The van der Waals surface area contributed by atoms with Gasteiger partial charge in [0.15, 0.2) is 0 Å². The van der Waals surface area contributed by atoms with Crippen molar-refractivity contribution in [1.82, 2.24) is 4.90 Å². The van der Waals surface area contributed by atoms with Crippen LogP contribution in [0.3, 0.4) is 0 Å². The average molecular weight is 452 g/mol. The molecule has 1 fully saturated rings. The van der Waals surface area contributed by atoms with Crippen molar-refractivity contribution >= 4 is 44.5 Å². The topological polar surface area (TPSA) is 66.7 Å². The summed E-state index contributed by atoms with van der Waals surface area (Å²) in [5.74, 6) is 0.468. The van der Waals surface area contributed by atoms with Crippen molar-refractivity contribution in [1.29, 1.82) is 0 Å². The number of hydrogen-bond donors (Lipinski definition) is 0. The molecule has 1 aromatic carbocycles. The van der Waals surface area contributed by atoms with Crippen molar-refractivity contribution in [3.8, 4) is 0 Å². The van der Waals surface area contributed by atoms with Crippen LogP contribution in [-0.2, 0) is 6.54 Å². The molecule has 0 radical (unpaired) electrons. The summed E-state index contributed by atoms with van der Waals surface area (Å²) in [7, 11) is 1.73. The van der Waals surface area contributed by atoms with E-state index in [0.717, 1.165) is 40.3 Å². The molecule has 8 heteroatoms. The van der Waals surface area contributed by atoms with E-state index in [0.29, 0.717) is 18.0 Å². The number of nitro benzene ring substituents is 1. The smallest absolute Gasteiger partial charge is 0.270 e. The van der Waals surface area contributed by atoms with Gasteiger partial charge in [0.1, 0.15) is 0 Å². The molecule has 0 atom stereocenters. The maximum absolute atomic E-state index is 13.1. The van der Waals surface area contributed by atoms with Gasteiger partial charge >= 0.3 is 0 Å². The van der Waals surface area contributed by atoms with E-state index in [4.69, 9.17) is 0 Å². The molecule has 0 spiro atoms. The number of anilines is 1. The Kier molecular flexibility index (Phi) is 6.16. The molecule has 2 aromatic rings. The Morgan fingerprint density at radius 1 is 1.33 bits per heavy atom. The lowest BCUT2D eigenvalue weighted by molar-refractivity contribution is -0.384. The first-order chi connectivity index (χ1) is 12.8. The van der Waals surface area contributed by atoms with Crippen molar-refractivity contribution in [2.45, 2.75) is 26.3 Å². The quantitative estimate of drug-likeness (QED) is 0.477. The largest absolute Gasteiger partial charge is 0.371 e. The molecule has 3 rings (SSSR count). The lowest BCUT2D eigenvalue weighted by Crippen LogP contribution is -2.35. The van der Waals surface area contributed by atoms with E-state index >= 15 is 0 Å². The molecule has 0 N–H and O–H groups in total. The number of hydrogen-bond acceptors (Lipinski definition) is 5. The van der Waals surface area contributed by atoms with Crippen LogP contribution >= 0.6 is 27.3 Å². The minimum absolute atomic E-state index is 0.0558. The lowest BCUT2D eigenvalue weighted by atomic mass is 9.97. The van der Waals surface area contributed by atoms with E-state index in [1.807, 2.05) is 12.1 Å². The minimum atomic E-state index is -0.449. The Labute approximate surface area is 171 Å². The Morgan fingerprint density at radius 2 is 2.04 bits per heavy atom. The van der Waals surface area contributed by atoms with Gasteiger partial charge in [0, 0.05) is 37.1 Å². The van der Waals surface area contributed by atoms with Gasteiger partial charge in [-0.05, 0) is 52.9 Å². The number of carbonyl (C=O) groups excluding carboxylic acids is 1. The molecular weight excluding hydrogens is 430 g/mol. The summed E-state index contributed by atoms with van der Waals surface area (Å²) in [6.07, 6.45) is 2.12. The molecular formula is C19H22BrN3O3S. The number of non-ortho nitro benzene ring substituents is 1. The second-order valence-electron chi connectivity index (χ2n) is 7.00. The summed E-state index contributed by atoms with van der Waals surface area (Å²) in [5.41, 5.74) is 1.13. The number of nitrogens with zero attached hydrogens (tertiary/aromatic N) is 3. The first kappa shape index (κ1) is 19.8. The number of carbonyl (C=O) groups is 1. The predicted molar refractivity (Wildman–Crippen MR) is 112 cm³/mol. The molecule has 144 valence electrons. The van der Waals surface area contributed by atoms with E-state index in [1.54, 1.807) is 29.4 Å². The molecule has 2 heterocycles. The highest BCUT2D eigenvalue weighted by Crippen LogP contribution is 2.31. The monoisotopic (exact) mass is 451 g/mol. The van der Waals surface area contributed by atoms with Crippen LogP contribution in [0.2, 0.25) is 0 Å². The van der Waals surface area contributed by atoms with Gasteiger partial charge in [0.25, 0.3) is 11.6 Å². The molecule has 27 heavy (non-hydrogen) atoms. The highest BCUT2D eigenvalue weighted by molar-refractivity contribution is 9.11. The molecule has 1 aromatic heterocycles. The molecule has 0 aliphatic carbocycles. The molecule has 0 bridgehead atoms. The maximum atomic E-state index is 13.1. The van der Waals surface area contributed by atoms with Crippen molar-refractivity contribution in [3.05, 3.63) is 54.7 Å². The summed E-state index contributed by atoms with van der Waals surface area (Å²) in [6, 6.07) is 8.54. The van der Waals surface area contributed by atoms with Gasteiger partial charge in [-0.2, -0.15) is 0 Å². The Balaban J connectivity index is 1.89. The fourth-order valence-electron chi connectivity index (χ4n) is 3.28. The first-order valence-electron chi connectivity index (χ1n) is 8.88. The third kappa shape index (κ3) is 4.68. The third-order valence-electron chi connectivity index (χ3n) is 4.91. The highest BCUT2D eigenvalue weighted by Gasteiger charge is 2.25. The average Bonchev–Trinajstić information content (AvgIpc) is 3.06. The van der Waals surface area contributed by atoms with Crippen LogP contribution in [0.4, 0.5) is 11.4 Å². The Morgan fingerprint density at radius 3 is 2.63 bits per heavy atom. The highest BCUT2D eigenvalue weighted by atomic mass is 79.9. The van der Waals surface area contributed by atoms with E-state index in [1.165, 1.54) is 12.1 Å². The second-order valence-corrected chi connectivity index (χ2v) is 9.54. The second kappa shape index (κ2) is 8.39. The summed E-state index contributed by atoms with van der Waals surface area (Å²) in [5, 5.41) is 11.2. The molecule has 1 aliphatic heterocycles. The standard InChI is InChI=1S/C19H22BrN3O3S/c1-13-7-9-22(10-8-13)17-5-3-14(23(25)26)11-16(17)19(24)21(2)12-15-4-6-18(20)27-15/h3-6,11,13H,7-10,12H2,1-2H3. The maximum Gasteiger partial charge on any atom is 0.270 e. The summed E-state index contributed by atoms with van der Waals surface area (Å²) < 4.78 is 1.01. The van der Waals surface area contributed by atoms with Gasteiger partial charge < -0.3 is 9.80 Å². The Hall–Kier alpha value is -1.93. The molecule has 6 nitrogen and oxygen atoms in total. The zero-order valence-corrected chi connectivity index (χ0v) is 17.8. The van der Waals surface area contributed by atoms with Crippen molar-refractivity contribution in [2.24, 2.45) is 5.92 Å². The van der Waals surface area contributed by atoms with Crippen LogP contribution in [0, 0.1) is 16.0 Å². The number of rotatable bonds is 5. The van der Waals surface area contributed by atoms with Crippen LogP contribution in [0.25, 0.3) is 0 Å². The lowest BCUT2D eigenvalue weighted by Gasteiger charge is -2.33. The summed E-state index contributed by atoms with van der Waals surface area (Å²) in [4.78, 5) is 28.8. The van der Waals surface area contributed by atoms with Crippen LogP contribution < -0.4 is 4.90 Å². The fourth-order valence-corrected chi connectivity index (χ4v) is 4.82. The minimum Gasteiger partial charge on any atom is -0.371 e. The zero-order valence-electron chi connectivity index (χ0n) is 15.4. The van der Waals surface area contributed by atoms with Crippen LogP contribution in [0.1, 0.15) is 35.0 Å². The predicted octanol–water partition coefficient (Wildman–Crippen LogP) is 4.93. The van der Waals surface area contributed by atoms with Gasteiger partial charge in [-0.25, -0.2) is 0 Å². The van der Waals surface area contributed by atoms with Crippen molar-refractivity contribution in [2.75, 3.05) is 25.0 Å². The molecule has 1 saturated heterocycles. The number of benzene rings is 1. The van der Waals surface area contributed by atoms with Gasteiger partial charge in [-0.15, -0.1) is 11.3 Å². The number of piperidine rings is 1. The van der Waals surface area contributed by atoms with Crippen molar-refractivity contribution in [3.63, 3.8) is 0 Å². The Bertz CT molecular complexity index is 846. The summed E-state index contributed by atoms with van der Waals surface area (Å²) in [6.45, 7) is 4.42. The van der Waals surface area contributed by atoms with E-state index in [-0.39, 0.29) is 11.6 Å². The van der Waals surface area contributed by atoms with Crippen molar-refractivity contribution < 1.29 is 9.72 Å². The van der Waals surface area contributed by atoms with Crippen LogP contribution in [0.15, 0.2) is 34.1 Å². The normalized spacial score (nSPS) is 15.0. The van der Waals surface area contributed by atoms with Crippen LogP contribution in [-0.4, -0.2) is 35.9 Å². The number of halogens is 1. The summed E-state index contributed by atoms with van der Waals surface area (Å²) >= 11 is 5.00. The van der Waals surface area contributed by atoms with Crippen LogP contribution in [0.5, 0.6) is 0 Å². The SMILES string of the molecule is CC1CCN(c2ccc([N+](=O)[O-])cc2C(=O)N(C)Cc2ccc(Br)s2)CC1. The van der Waals surface area contributed by atoms with E-state index in [9.17, 15) is 14.9 Å². The molecule has 1 aliphatic rings. The van der Waals surface area contributed by atoms with Gasteiger partial charge in [0.05, 0.1) is 26.5 Å². The first-order valence-corrected chi connectivity index (χ1v) is 10.5. The molecule has 0 saturated carbocycles. The number of nitro groups is 1. The zero-order chi connectivity index (χ0) is 19.6. The fraction of sp³-hybridized carbons (Fsp3) is 0.421. The number of thiophene rings is 1. The molecule has 1 amide bonds. The number of amides is 1.